The Morgan fingerprint density at radius 2 is 1.89 bits per heavy atom. The van der Waals surface area contributed by atoms with Crippen LogP contribution in [0, 0.1) is 13.8 Å². The van der Waals surface area contributed by atoms with Crippen LogP contribution in [-0.4, -0.2) is 24.0 Å². The molecule has 6 heteroatoms. The molecular weight excluding hydrogens is 356 g/mol. The Labute approximate surface area is 162 Å². The van der Waals surface area contributed by atoms with Gasteiger partial charge in [0.25, 0.3) is 5.56 Å². The number of esters is 1. The molecule has 0 unspecified atom stereocenters. The quantitative estimate of drug-likeness (QED) is 0.665. The average molecular weight is 378 g/mol. The molecule has 0 aliphatic rings. The van der Waals surface area contributed by atoms with Gasteiger partial charge < -0.3 is 15.0 Å². The van der Waals surface area contributed by atoms with Gasteiger partial charge in [0.15, 0.2) is 0 Å². The van der Waals surface area contributed by atoms with E-state index in [0.29, 0.717) is 23.2 Å². The molecule has 2 N–H and O–H groups in total. The number of carbonyl (C=O) groups excluding carboxylic acids is 2. The number of rotatable bonds is 5. The van der Waals surface area contributed by atoms with E-state index in [4.69, 9.17) is 0 Å². The highest BCUT2D eigenvalue weighted by atomic mass is 16.5. The molecule has 1 amide bonds. The van der Waals surface area contributed by atoms with Crippen molar-refractivity contribution in [1.82, 2.24) is 4.98 Å². The predicted octanol–water partition coefficient (Wildman–Crippen LogP) is 3.50. The van der Waals surface area contributed by atoms with Crippen molar-refractivity contribution in [3.05, 3.63) is 75.1 Å². The van der Waals surface area contributed by atoms with Crippen molar-refractivity contribution < 1.29 is 14.3 Å². The maximum atomic E-state index is 12.4. The van der Waals surface area contributed by atoms with Crippen LogP contribution in [0.5, 0.6) is 0 Å². The first-order valence-corrected chi connectivity index (χ1v) is 8.99. The van der Waals surface area contributed by atoms with E-state index in [0.717, 1.165) is 22.0 Å². The molecule has 0 aliphatic carbocycles. The topological polar surface area (TPSA) is 88.3 Å². The van der Waals surface area contributed by atoms with Gasteiger partial charge in [-0.2, -0.15) is 0 Å². The van der Waals surface area contributed by atoms with Crippen LogP contribution < -0.4 is 10.9 Å². The number of benzene rings is 2. The summed E-state index contributed by atoms with van der Waals surface area (Å²) in [5.74, 6) is -0.702. The first-order chi connectivity index (χ1) is 13.4. The van der Waals surface area contributed by atoms with Crippen molar-refractivity contribution in [1.29, 1.82) is 0 Å². The number of nitrogens with one attached hydrogen (secondary N) is 2. The molecule has 2 aromatic carbocycles. The van der Waals surface area contributed by atoms with E-state index < -0.39 is 5.97 Å². The van der Waals surface area contributed by atoms with Crippen LogP contribution in [0.3, 0.4) is 0 Å². The number of ether oxygens (including phenoxy) is 1. The molecule has 0 bridgehead atoms. The lowest BCUT2D eigenvalue weighted by Gasteiger charge is -2.08. The number of amides is 1. The maximum Gasteiger partial charge on any atom is 0.337 e. The predicted molar refractivity (Wildman–Crippen MR) is 109 cm³/mol. The lowest BCUT2D eigenvalue weighted by Crippen LogP contribution is -2.17. The van der Waals surface area contributed by atoms with Crippen LogP contribution in [0.25, 0.3) is 10.9 Å². The number of aryl methyl sites for hydroxylation is 3. The molecule has 0 saturated carbocycles. The van der Waals surface area contributed by atoms with Crippen molar-refractivity contribution in [3.8, 4) is 0 Å². The zero-order chi connectivity index (χ0) is 20.3. The number of H-pyrrole nitrogens is 1. The molecule has 0 fully saturated rings. The highest BCUT2D eigenvalue weighted by molar-refractivity contribution is 5.94. The summed E-state index contributed by atoms with van der Waals surface area (Å²) in [6.07, 6.45) is 0.475. The molecule has 0 aliphatic heterocycles. The summed E-state index contributed by atoms with van der Waals surface area (Å²) in [5.41, 5.74) is 4.20. The third kappa shape index (κ3) is 4.28. The minimum atomic E-state index is -0.468. The number of hydrogen-bond donors (Lipinski definition) is 2. The second-order valence-electron chi connectivity index (χ2n) is 6.79. The van der Waals surface area contributed by atoms with Crippen molar-refractivity contribution in [2.24, 2.45) is 0 Å². The fourth-order valence-electron chi connectivity index (χ4n) is 3.23. The zero-order valence-corrected chi connectivity index (χ0v) is 16.1. The van der Waals surface area contributed by atoms with Crippen molar-refractivity contribution in [2.75, 3.05) is 12.4 Å². The van der Waals surface area contributed by atoms with Gasteiger partial charge in [-0.1, -0.05) is 17.7 Å². The fourth-order valence-corrected chi connectivity index (χ4v) is 3.23. The number of hydrogen-bond acceptors (Lipinski definition) is 4. The SMILES string of the molecule is COC(=O)c1cccc(NC(=O)CCc2cc3cc(C)cc(C)c3[nH]c2=O)c1. The van der Waals surface area contributed by atoms with Crippen LogP contribution in [0.4, 0.5) is 5.69 Å². The second kappa shape index (κ2) is 8.08. The fraction of sp³-hybridized carbons (Fsp3) is 0.227. The van der Waals surface area contributed by atoms with Crippen molar-refractivity contribution in [3.63, 3.8) is 0 Å². The summed E-state index contributed by atoms with van der Waals surface area (Å²) in [7, 11) is 1.30. The maximum absolute atomic E-state index is 12.4. The van der Waals surface area contributed by atoms with Crippen LogP contribution in [0.15, 0.2) is 47.3 Å². The summed E-state index contributed by atoms with van der Waals surface area (Å²) < 4.78 is 4.68. The second-order valence-corrected chi connectivity index (χ2v) is 6.79. The van der Waals surface area contributed by atoms with E-state index in [-0.39, 0.29) is 17.9 Å². The molecule has 0 spiro atoms. The molecule has 0 radical (unpaired) electrons. The van der Waals surface area contributed by atoms with Gasteiger partial charge in [-0.25, -0.2) is 4.79 Å². The van der Waals surface area contributed by atoms with E-state index in [9.17, 15) is 14.4 Å². The Kier molecular flexibility index (Phi) is 5.59. The minimum absolute atomic E-state index is 0.155. The summed E-state index contributed by atoms with van der Waals surface area (Å²) in [6, 6.07) is 12.4. The van der Waals surface area contributed by atoms with E-state index in [2.05, 4.69) is 15.0 Å². The van der Waals surface area contributed by atoms with Gasteiger partial charge in [0.1, 0.15) is 0 Å². The molecule has 3 aromatic rings. The summed E-state index contributed by atoms with van der Waals surface area (Å²) >= 11 is 0. The van der Waals surface area contributed by atoms with Gasteiger partial charge in [-0.3, -0.25) is 9.59 Å². The third-order valence-electron chi connectivity index (χ3n) is 4.56. The number of pyridine rings is 1. The van der Waals surface area contributed by atoms with Gasteiger partial charge in [0.2, 0.25) is 5.91 Å². The number of anilines is 1. The Morgan fingerprint density at radius 1 is 1.11 bits per heavy atom. The first kappa shape index (κ1) is 19.4. The largest absolute Gasteiger partial charge is 0.465 e. The van der Waals surface area contributed by atoms with Crippen molar-refractivity contribution >= 4 is 28.5 Å². The van der Waals surface area contributed by atoms with Crippen LogP contribution in [-0.2, 0) is 16.0 Å². The molecule has 144 valence electrons. The van der Waals surface area contributed by atoms with Crippen LogP contribution in [0.1, 0.15) is 33.5 Å². The normalized spacial score (nSPS) is 10.7. The van der Waals surface area contributed by atoms with Crippen LogP contribution in [0.2, 0.25) is 0 Å². The Hall–Kier alpha value is -3.41. The highest BCUT2D eigenvalue weighted by Gasteiger charge is 2.10. The first-order valence-electron chi connectivity index (χ1n) is 8.99. The number of carbonyl (C=O) groups is 2. The van der Waals surface area contributed by atoms with E-state index >= 15 is 0 Å². The molecule has 1 heterocycles. The molecule has 28 heavy (non-hydrogen) atoms. The van der Waals surface area contributed by atoms with Gasteiger partial charge in [-0.15, -0.1) is 0 Å². The van der Waals surface area contributed by atoms with E-state index in [1.54, 1.807) is 24.3 Å². The minimum Gasteiger partial charge on any atom is -0.465 e. The summed E-state index contributed by atoms with van der Waals surface area (Å²) in [6.45, 7) is 3.97. The number of aromatic amines is 1. The molecule has 0 saturated heterocycles. The van der Waals surface area contributed by atoms with E-state index in [1.807, 2.05) is 32.0 Å². The van der Waals surface area contributed by atoms with Gasteiger partial charge in [0, 0.05) is 17.7 Å². The number of methoxy groups -OCH3 is 1. The molecule has 6 nitrogen and oxygen atoms in total. The molecule has 1 aromatic heterocycles. The Morgan fingerprint density at radius 3 is 2.64 bits per heavy atom. The number of aromatic nitrogens is 1. The standard InChI is InChI=1S/C22H22N2O4/c1-13-9-14(2)20-17(10-13)11-15(21(26)24-20)7-8-19(25)23-18-6-4-5-16(12-18)22(27)28-3/h4-6,9-12H,7-8H2,1-3H3,(H,23,25)(H,24,26). The Balaban J connectivity index is 1.72. The zero-order valence-electron chi connectivity index (χ0n) is 16.1. The number of fused-ring (bicyclic) bond motifs is 1. The monoisotopic (exact) mass is 378 g/mol. The molecule has 3 rings (SSSR count). The van der Waals surface area contributed by atoms with E-state index in [1.165, 1.54) is 7.11 Å². The van der Waals surface area contributed by atoms with Gasteiger partial charge >= 0.3 is 5.97 Å². The van der Waals surface area contributed by atoms with Gasteiger partial charge in [-0.05, 0) is 61.5 Å². The average Bonchev–Trinajstić information content (AvgIpc) is 2.66. The van der Waals surface area contributed by atoms with Gasteiger partial charge in [0.05, 0.1) is 18.2 Å². The van der Waals surface area contributed by atoms with Crippen LogP contribution >= 0.6 is 0 Å². The smallest absolute Gasteiger partial charge is 0.337 e. The molecule has 0 atom stereocenters. The molecular formula is C22H22N2O4. The summed E-state index contributed by atoms with van der Waals surface area (Å²) in [4.78, 5) is 39.1. The lowest BCUT2D eigenvalue weighted by molar-refractivity contribution is -0.116. The highest BCUT2D eigenvalue weighted by Crippen LogP contribution is 2.18. The third-order valence-corrected chi connectivity index (χ3v) is 4.56. The summed E-state index contributed by atoms with van der Waals surface area (Å²) in [5, 5.41) is 3.70. The lowest BCUT2D eigenvalue weighted by atomic mass is 10.0. The Bertz CT molecular complexity index is 1120. The van der Waals surface area contributed by atoms with Crippen molar-refractivity contribution in [2.45, 2.75) is 26.7 Å².